The lowest BCUT2D eigenvalue weighted by molar-refractivity contribution is -0.135. The number of nitrogens with zero attached hydrogens (tertiary/aromatic N) is 6. The molecule has 2 aromatic carbocycles. The van der Waals surface area contributed by atoms with Crippen molar-refractivity contribution in [2.75, 3.05) is 42.3 Å². The van der Waals surface area contributed by atoms with Crippen LogP contribution in [0, 0.1) is 0 Å². The van der Waals surface area contributed by atoms with E-state index in [2.05, 4.69) is 31.2 Å². The summed E-state index contributed by atoms with van der Waals surface area (Å²) in [5.41, 5.74) is 2.79. The van der Waals surface area contributed by atoms with Crippen LogP contribution in [0.5, 0.6) is 5.75 Å². The molecule has 2 fully saturated rings. The molecule has 2 aliphatic heterocycles. The van der Waals surface area contributed by atoms with E-state index in [1.165, 1.54) is 16.2 Å². The van der Waals surface area contributed by atoms with Crippen LogP contribution in [0.15, 0.2) is 58.3 Å². The van der Waals surface area contributed by atoms with Crippen LogP contribution in [0.3, 0.4) is 0 Å². The summed E-state index contributed by atoms with van der Waals surface area (Å²) in [5, 5.41) is 12.7. The maximum atomic E-state index is 13.3. The summed E-state index contributed by atoms with van der Waals surface area (Å²) < 4.78 is 9.97. The van der Waals surface area contributed by atoms with Crippen molar-refractivity contribution in [1.82, 2.24) is 34.3 Å². The van der Waals surface area contributed by atoms with Gasteiger partial charge in [0, 0.05) is 57.8 Å². The second kappa shape index (κ2) is 14.0. The van der Waals surface area contributed by atoms with Crippen molar-refractivity contribution in [2.24, 2.45) is 14.1 Å². The molecule has 5 aromatic rings. The minimum Gasteiger partial charge on any atom is -0.478 e. The molecular formula is C35H37ClN10O6. The Morgan fingerprint density at radius 2 is 1.81 bits per heavy atom. The van der Waals surface area contributed by atoms with Crippen LogP contribution in [0.2, 0.25) is 5.02 Å². The lowest BCUT2D eigenvalue weighted by Gasteiger charge is -2.33. The summed E-state index contributed by atoms with van der Waals surface area (Å²) in [6, 6.07) is 12.0. The molecule has 0 radical (unpaired) electrons. The number of pyridine rings is 1. The molecule has 7 rings (SSSR count). The number of para-hydroxylation sites is 1. The first-order chi connectivity index (χ1) is 25.0. The molecule has 0 aliphatic carbocycles. The Morgan fingerprint density at radius 1 is 1.02 bits per heavy atom. The Balaban J connectivity index is 1.05. The maximum Gasteiger partial charge on any atom is 0.329 e. The van der Waals surface area contributed by atoms with E-state index >= 15 is 0 Å². The fourth-order valence-electron chi connectivity index (χ4n) is 6.81. The Hall–Kier alpha value is -5.90. The number of aryl methyl sites for hydroxylation is 2. The molecule has 5 heterocycles. The maximum absolute atomic E-state index is 13.3. The number of carbonyl (C=O) groups excluding carboxylic acids is 3. The second-order valence-corrected chi connectivity index (χ2v) is 13.3. The fraction of sp³-hybridized carbons (Fsp3) is 0.343. The number of nitrogens with one attached hydrogen (secondary N) is 4. The van der Waals surface area contributed by atoms with E-state index in [9.17, 15) is 24.0 Å². The number of halogens is 1. The van der Waals surface area contributed by atoms with Gasteiger partial charge in [0.25, 0.3) is 11.5 Å². The van der Waals surface area contributed by atoms with E-state index in [4.69, 9.17) is 21.3 Å². The van der Waals surface area contributed by atoms with Gasteiger partial charge in [-0.1, -0.05) is 17.7 Å². The smallest absolute Gasteiger partial charge is 0.329 e. The van der Waals surface area contributed by atoms with Crippen molar-refractivity contribution in [1.29, 1.82) is 0 Å². The van der Waals surface area contributed by atoms with Crippen LogP contribution < -0.4 is 42.2 Å². The number of ether oxygens (including phenoxy) is 1. The quantitative estimate of drug-likeness (QED) is 0.164. The lowest BCUT2D eigenvalue weighted by atomic mass is 10.0. The zero-order chi connectivity index (χ0) is 36.7. The first kappa shape index (κ1) is 34.5. The molecule has 0 saturated carbocycles. The number of aromatic nitrogens is 5. The van der Waals surface area contributed by atoms with Gasteiger partial charge in [0.15, 0.2) is 18.2 Å². The minimum absolute atomic E-state index is 0.0577. The molecule has 1 unspecified atom stereocenters. The third-order valence-electron chi connectivity index (χ3n) is 9.58. The number of piperidine rings is 2. The van der Waals surface area contributed by atoms with E-state index in [0.717, 1.165) is 18.5 Å². The van der Waals surface area contributed by atoms with Gasteiger partial charge in [-0.25, -0.2) is 9.78 Å². The number of hydrogen-bond donors (Lipinski definition) is 4. The Labute approximate surface area is 301 Å². The van der Waals surface area contributed by atoms with E-state index in [0.29, 0.717) is 57.5 Å². The molecule has 52 heavy (non-hydrogen) atoms. The topological polar surface area (TPSA) is 187 Å². The molecule has 3 aromatic heterocycles. The summed E-state index contributed by atoms with van der Waals surface area (Å²) in [4.78, 5) is 73.5. The van der Waals surface area contributed by atoms with Crippen LogP contribution in [-0.2, 0) is 28.5 Å². The van der Waals surface area contributed by atoms with E-state index in [1.807, 2.05) is 30.3 Å². The number of fused-ring (bicyclic) bond motifs is 2. The highest BCUT2D eigenvalue weighted by Gasteiger charge is 2.32. The molecule has 4 N–H and O–H groups in total. The second-order valence-electron chi connectivity index (χ2n) is 12.9. The predicted octanol–water partition coefficient (Wildman–Crippen LogP) is 2.56. The van der Waals surface area contributed by atoms with E-state index in [-0.39, 0.29) is 54.3 Å². The van der Waals surface area contributed by atoms with Crippen molar-refractivity contribution in [3.8, 4) is 5.75 Å². The molecule has 3 amide bonds. The van der Waals surface area contributed by atoms with Crippen LogP contribution in [0.4, 0.5) is 23.1 Å². The normalized spacial score (nSPS) is 16.6. The Morgan fingerprint density at radius 3 is 2.56 bits per heavy atom. The van der Waals surface area contributed by atoms with Gasteiger partial charge in [0.2, 0.25) is 17.8 Å². The van der Waals surface area contributed by atoms with Gasteiger partial charge in [0.1, 0.15) is 11.1 Å². The van der Waals surface area contributed by atoms with Crippen molar-refractivity contribution in [2.45, 2.75) is 37.8 Å². The number of imide groups is 1. The van der Waals surface area contributed by atoms with Gasteiger partial charge in [-0.3, -0.25) is 33.6 Å². The number of benzene rings is 2. The molecule has 2 saturated heterocycles. The average molecular weight is 729 g/mol. The molecule has 270 valence electrons. The number of likely N-dealkylation sites (N-methyl/N-ethyl adjacent to an activating group) is 1. The van der Waals surface area contributed by atoms with Crippen molar-refractivity contribution in [3.05, 3.63) is 74.5 Å². The zero-order valence-corrected chi connectivity index (χ0v) is 29.5. The van der Waals surface area contributed by atoms with Gasteiger partial charge >= 0.3 is 5.69 Å². The standard InChI is InChI=1S/C35H37ClN10O6/c1-37-29(48)18-52-27-16-19-15-21(7-8-24(19)43(2)33(27)50)40-31-22(36)17-38-34(42-31)45-13-11-20(12-14-45)39-23-5-4-6-25-30(23)44(3)35(51)46(25)26-9-10-28(47)41-32(26)49/h4-8,15-17,20,26,39H,9-14,18H2,1-3H3,(H,37,48)(H,38,40,42)(H,41,47,49). The molecular weight excluding hydrogens is 692 g/mol. The van der Waals surface area contributed by atoms with E-state index < -0.39 is 11.9 Å². The summed E-state index contributed by atoms with van der Waals surface area (Å²) in [5.74, 6) is -0.157. The lowest BCUT2D eigenvalue weighted by Crippen LogP contribution is -2.44. The average Bonchev–Trinajstić information content (AvgIpc) is 3.39. The fourth-order valence-corrected chi connectivity index (χ4v) is 6.95. The number of anilines is 4. The van der Waals surface area contributed by atoms with Gasteiger partial charge in [0.05, 0.1) is 28.4 Å². The number of carbonyl (C=O) groups is 3. The van der Waals surface area contributed by atoms with Crippen molar-refractivity contribution in [3.63, 3.8) is 0 Å². The highest BCUT2D eigenvalue weighted by molar-refractivity contribution is 6.33. The number of amides is 3. The van der Waals surface area contributed by atoms with Gasteiger partial charge in [-0.05, 0) is 55.7 Å². The molecule has 2 aliphatic rings. The molecule has 0 spiro atoms. The van der Waals surface area contributed by atoms with Crippen molar-refractivity contribution >= 4 is 74.4 Å². The van der Waals surface area contributed by atoms with Crippen molar-refractivity contribution < 1.29 is 19.1 Å². The third-order valence-corrected chi connectivity index (χ3v) is 9.86. The zero-order valence-electron chi connectivity index (χ0n) is 28.7. The van der Waals surface area contributed by atoms with Gasteiger partial charge in [-0.2, -0.15) is 4.98 Å². The van der Waals surface area contributed by atoms with Crippen LogP contribution in [0.1, 0.15) is 31.7 Å². The molecule has 17 heteroatoms. The highest BCUT2D eigenvalue weighted by Crippen LogP contribution is 2.31. The number of imidazole rings is 1. The molecule has 1 atom stereocenters. The van der Waals surface area contributed by atoms with E-state index in [1.54, 1.807) is 37.0 Å². The van der Waals surface area contributed by atoms with Crippen LogP contribution in [-0.4, -0.2) is 74.2 Å². The number of rotatable bonds is 9. The van der Waals surface area contributed by atoms with Crippen LogP contribution in [0.25, 0.3) is 21.9 Å². The number of hydrogen-bond acceptors (Lipinski definition) is 11. The third kappa shape index (κ3) is 6.52. The summed E-state index contributed by atoms with van der Waals surface area (Å²) in [6.45, 7) is 1.04. The first-order valence-electron chi connectivity index (χ1n) is 16.8. The first-order valence-corrected chi connectivity index (χ1v) is 17.2. The molecule has 0 bridgehead atoms. The van der Waals surface area contributed by atoms with Gasteiger partial charge in [-0.15, -0.1) is 0 Å². The minimum atomic E-state index is -0.753. The summed E-state index contributed by atoms with van der Waals surface area (Å²) >= 11 is 6.53. The summed E-state index contributed by atoms with van der Waals surface area (Å²) in [6.07, 6.45) is 3.53. The highest BCUT2D eigenvalue weighted by atomic mass is 35.5. The molecule has 16 nitrogen and oxygen atoms in total. The van der Waals surface area contributed by atoms with Crippen LogP contribution >= 0.6 is 11.6 Å². The summed E-state index contributed by atoms with van der Waals surface area (Å²) in [7, 11) is 4.82. The Bertz CT molecular complexity index is 2360. The largest absolute Gasteiger partial charge is 0.478 e. The predicted molar refractivity (Wildman–Crippen MR) is 197 cm³/mol. The Kier molecular flexibility index (Phi) is 9.31. The monoisotopic (exact) mass is 728 g/mol. The SMILES string of the molecule is CNC(=O)COc1cc2cc(Nc3nc(N4CCC(Nc5cccc6c5n(C)c(=O)n6C5CCC(=O)NC5=O)CC4)ncc3Cl)ccc2n(C)c1=O. The van der Waals surface area contributed by atoms with Gasteiger partial charge < -0.3 is 30.2 Å².